The van der Waals surface area contributed by atoms with Gasteiger partial charge in [-0.05, 0) is 5.56 Å². The first-order valence-electron chi connectivity index (χ1n) is 5.15. The summed E-state index contributed by atoms with van der Waals surface area (Å²) in [5.41, 5.74) is 6.51. The highest BCUT2D eigenvalue weighted by Gasteiger charge is 2.31. The molecule has 0 aliphatic heterocycles. The summed E-state index contributed by atoms with van der Waals surface area (Å²) in [5, 5.41) is 3.26. The van der Waals surface area contributed by atoms with Gasteiger partial charge in [-0.25, -0.2) is 0 Å². The molecule has 0 saturated carbocycles. The molecule has 2 N–H and O–H groups in total. The van der Waals surface area contributed by atoms with Gasteiger partial charge in [0.1, 0.15) is 12.5 Å². The maximum absolute atomic E-state index is 12.1. The van der Waals surface area contributed by atoms with Gasteiger partial charge in [0.25, 0.3) is 0 Å². The Morgan fingerprint density at radius 3 is 2.50 bits per heavy atom. The molecule has 0 spiro atoms. The fourth-order valence-electron chi connectivity index (χ4n) is 1.45. The SMILES string of the molecule is N[C@H](c1ccccc1)c1nc(CC(F)(F)F)no1. The van der Waals surface area contributed by atoms with Gasteiger partial charge in [0.05, 0.1) is 0 Å². The quantitative estimate of drug-likeness (QED) is 0.915. The van der Waals surface area contributed by atoms with Crippen LogP contribution in [0.5, 0.6) is 0 Å². The molecule has 1 atom stereocenters. The number of aromatic nitrogens is 2. The molecule has 0 fully saturated rings. The molecule has 7 heteroatoms. The topological polar surface area (TPSA) is 64.9 Å². The van der Waals surface area contributed by atoms with Crippen molar-refractivity contribution in [1.82, 2.24) is 10.1 Å². The first-order valence-corrected chi connectivity index (χ1v) is 5.15. The molecule has 96 valence electrons. The van der Waals surface area contributed by atoms with E-state index in [0.29, 0.717) is 5.56 Å². The number of halogens is 3. The van der Waals surface area contributed by atoms with E-state index in [2.05, 4.69) is 10.1 Å². The van der Waals surface area contributed by atoms with Gasteiger partial charge in [-0.15, -0.1) is 0 Å². The Morgan fingerprint density at radius 2 is 1.89 bits per heavy atom. The molecule has 0 unspecified atom stereocenters. The second kappa shape index (κ2) is 4.77. The molecule has 1 aromatic heterocycles. The fourth-order valence-corrected chi connectivity index (χ4v) is 1.45. The van der Waals surface area contributed by atoms with Gasteiger partial charge >= 0.3 is 6.18 Å². The predicted octanol–water partition coefficient (Wildman–Crippen LogP) is 2.22. The van der Waals surface area contributed by atoms with E-state index in [4.69, 9.17) is 10.3 Å². The van der Waals surface area contributed by atoms with Crippen LogP contribution in [-0.4, -0.2) is 16.3 Å². The van der Waals surface area contributed by atoms with E-state index >= 15 is 0 Å². The number of hydrogen-bond acceptors (Lipinski definition) is 4. The van der Waals surface area contributed by atoms with Crippen LogP contribution in [0.1, 0.15) is 23.3 Å². The summed E-state index contributed by atoms with van der Waals surface area (Å²) in [6, 6.07) is 8.08. The summed E-state index contributed by atoms with van der Waals surface area (Å²) in [5.74, 6) is -0.440. The summed E-state index contributed by atoms with van der Waals surface area (Å²) >= 11 is 0. The first-order chi connectivity index (χ1) is 8.46. The predicted molar refractivity (Wildman–Crippen MR) is 56.5 cm³/mol. The number of alkyl halides is 3. The molecule has 0 amide bonds. The van der Waals surface area contributed by atoms with Crippen molar-refractivity contribution < 1.29 is 17.7 Å². The van der Waals surface area contributed by atoms with Crippen LogP contribution >= 0.6 is 0 Å². The minimum absolute atomic E-state index is 0.0274. The summed E-state index contributed by atoms with van der Waals surface area (Å²) < 4.78 is 41.1. The first kappa shape index (κ1) is 12.6. The molecule has 4 nitrogen and oxygen atoms in total. The average Bonchev–Trinajstić information content (AvgIpc) is 2.75. The Kier molecular flexibility index (Phi) is 3.33. The second-order valence-electron chi connectivity index (χ2n) is 3.73. The molecular formula is C11H10F3N3O. The van der Waals surface area contributed by atoms with Crippen molar-refractivity contribution in [2.45, 2.75) is 18.6 Å². The minimum atomic E-state index is -4.36. The van der Waals surface area contributed by atoms with Crippen LogP contribution < -0.4 is 5.73 Å². The summed E-state index contributed by atoms with van der Waals surface area (Å²) in [6.45, 7) is 0. The van der Waals surface area contributed by atoms with Crippen LogP contribution in [0.15, 0.2) is 34.9 Å². The Bertz CT molecular complexity index is 510. The molecule has 1 heterocycles. The van der Waals surface area contributed by atoms with Crippen LogP contribution in [0.25, 0.3) is 0 Å². The fraction of sp³-hybridized carbons (Fsp3) is 0.273. The van der Waals surface area contributed by atoms with Crippen LogP contribution in [0.2, 0.25) is 0 Å². The second-order valence-corrected chi connectivity index (χ2v) is 3.73. The van der Waals surface area contributed by atoms with E-state index in [1.165, 1.54) is 0 Å². The largest absolute Gasteiger partial charge is 0.396 e. The van der Waals surface area contributed by atoms with Crippen molar-refractivity contribution in [1.29, 1.82) is 0 Å². The number of nitrogens with two attached hydrogens (primary N) is 1. The molecular weight excluding hydrogens is 247 g/mol. The number of nitrogens with zero attached hydrogens (tertiary/aromatic N) is 2. The lowest BCUT2D eigenvalue weighted by Gasteiger charge is -2.05. The third kappa shape index (κ3) is 3.07. The molecule has 0 aliphatic carbocycles. The lowest BCUT2D eigenvalue weighted by atomic mass is 10.1. The van der Waals surface area contributed by atoms with E-state index < -0.39 is 24.5 Å². The normalized spacial score (nSPS) is 13.6. The monoisotopic (exact) mass is 257 g/mol. The molecule has 0 bridgehead atoms. The zero-order chi connectivity index (χ0) is 13.2. The van der Waals surface area contributed by atoms with Gasteiger partial charge < -0.3 is 10.3 Å². The highest BCUT2D eigenvalue weighted by atomic mass is 19.4. The van der Waals surface area contributed by atoms with Gasteiger partial charge in [-0.2, -0.15) is 18.2 Å². The van der Waals surface area contributed by atoms with Crippen molar-refractivity contribution >= 4 is 0 Å². The number of benzene rings is 1. The summed E-state index contributed by atoms with van der Waals surface area (Å²) in [4.78, 5) is 3.65. The summed E-state index contributed by atoms with van der Waals surface area (Å²) in [7, 11) is 0. The van der Waals surface area contributed by atoms with Crippen LogP contribution in [0.4, 0.5) is 13.2 Å². The summed E-state index contributed by atoms with van der Waals surface area (Å²) in [6.07, 6.45) is -5.59. The molecule has 0 saturated heterocycles. The molecule has 0 radical (unpaired) electrons. The maximum Gasteiger partial charge on any atom is 0.396 e. The molecule has 1 aromatic carbocycles. The van der Waals surface area contributed by atoms with E-state index in [9.17, 15) is 13.2 Å². The average molecular weight is 257 g/mol. The third-order valence-corrected chi connectivity index (χ3v) is 2.27. The van der Waals surface area contributed by atoms with Gasteiger partial charge in [-0.1, -0.05) is 35.5 Å². The van der Waals surface area contributed by atoms with Crippen molar-refractivity contribution in [2.75, 3.05) is 0 Å². The highest BCUT2D eigenvalue weighted by Crippen LogP contribution is 2.22. The molecule has 2 rings (SSSR count). The molecule has 2 aromatic rings. The van der Waals surface area contributed by atoms with Crippen LogP contribution in [0, 0.1) is 0 Å². The lowest BCUT2D eigenvalue weighted by molar-refractivity contribution is -0.128. The van der Waals surface area contributed by atoms with Crippen molar-refractivity contribution in [3.8, 4) is 0 Å². The molecule has 18 heavy (non-hydrogen) atoms. The van der Waals surface area contributed by atoms with Crippen LogP contribution in [-0.2, 0) is 6.42 Å². The Morgan fingerprint density at radius 1 is 1.22 bits per heavy atom. The standard InChI is InChI=1S/C11H10F3N3O/c12-11(13,14)6-8-16-10(18-17-8)9(15)7-4-2-1-3-5-7/h1-5,9H,6,15H2/t9-/m1/s1. The number of hydrogen-bond donors (Lipinski definition) is 1. The smallest absolute Gasteiger partial charge is 0.337 e. The Balaban J connectivity index is 2.15. The lowest BCUT2D eigenvalue weighted by Crippen LogP contribution is -2.14. The maximum atomic E-state index is 12.1. The third-order valence-electron chi connectivity index (χ3n) is 2.27. The molecule has 0 aliphatic rings. The van der Waals surface area contributed by atoms with E-state index in [1.807, 2.05) is 0 Å². The Hall–Kier alpha value is -1.89. The van der Waals surface area contributed by atoms with Gasteiger partial charge in [0, 0.05) is 0 Å². The van der Waals surface area contributed by atoms with Gasteiger partial charge in [0.15, 0.2) is 5.82 Å². The van der Waals surface area contributed by atoms with E-state index in [-0.39, 0.29) is 5.89 Å². The number of rotatable bonds is 3. The van der Waals surface area contributed by atoms with Crippen molar-refractivity contribution in [3.63, 3.8) is 0 Å². The van der Waals surface area contributed by atoms with Crippen molar-refractivity contribution in [3.05, 3.63) is 47.6 Å². The Labute approximate surface area is 101 Å². The zero-order valence-electron chi connectivity index (χ0n) is 9.19. The highest BCUT2D eigenvalue weighted by molar-refractivity contribution is 5.22. The van der Waals surface area contributed by atoms with E-state index in [0.717, 1.165) is 0 Å². The zero-order valence-corrected chi connectivity index (χ0v) is 9.19. The van der Waals surface area contributed by atoms with Gasteiger partial charge in [0.2, 0.25) is 5.89 Å². The van der Waals surface area contributed by atoms with E-state index in [1.54, 1.807) is 30.3 Å². The van der Waals surface area contributed by atoms with Gasteiger partial charge in [-0.3, -0.25) is 0 Å². The minimum Gasteiger partial charge on any atom is -0.337 e. The van der Waals surface area contributed by atoms with Crippen molar-refractivity contribution in [2.24, 2.45) is 5.73 Å². The van der Waals surface area contributed by atoms with Crippen LogP contribution in [0.3, 0.4) is 0 Å².